The predicted molar refractivity (Wildman–Crippen MR) is 122 cm³/mol. The summed E-state index contributed by atoms with van der Waals surface area (Å²) in [5.74, 6) is -0.0349. The third-order valence-corrected chi connectivity index (χ3v) is 5.81. The monoisotopic (exact) mass is 443 g/mol. The summed E-state index contributed by atoms with van der Waals surface area (Å²) >= 11 is 0. The molecule has 0 saturated carbocycles. The van der Waals surface area contributed by atoms with Gasteiger partial charge in [0, 0.05) is 6.54 Å². The molecule has 4 aromatic rings. The predicted octanol–water partition coefficient (Wildman–Crippen LogP) is 2.55. The molecule has 0 aliphatic carbocycles. The van der Waals surface area contributed by atoms with E-state index in [-0.39, 0.29) is 11.9 Å². The molecule has 0 radical (unpaired) electrons. The SMILES string of the molecule is Cc1cc(C)c(-n2nccn2)c(C(=O)N2CCOCC2Cc2cccc(-n3nccn3)c2)c1. The number of benzene rings is 2. The van der Waals surface area contributed by atoms with Gasteiger partial charge in [0.25, 0.3) is 5.91 Å². The summed E-state index contributed by atoms with van der Waals surface area (Å²) in [5.41, 5.74) is 5.27. The van der Waals surface area contributed by atoms with Gasteiger partial charge >= 0.3 is 0 Å². The van der Waals surface area contributed by atoms with Crippen molar-refractivity contribution < 1.29 is 9.53 Å². The third-order valence-electron chi connectivity index (χ3n) is 5.81. The Kier molecular flexibility index (Phi) is 5.70. The Labute approximate surface area is 191 Å². The molecular formula is C24H25N7O2. The van der Waals surface area contributed by atoms with Crippen LogP contribution in [0.3, 0.4) is 0 Å². The van der Waals surface area contributed by atoms with Crippen molar-refractivity contribution in [2.75, 3.05) is 19.8 Å². The lowest BCUT2D eigenvalue weighted by molar-refractivity contribution is -0.00166. The Hall–Kier alpha value is -3.85. The zero-order valence-corrected chi connectivity index (χ0v) is 18.6. The molecule has 1 saturated heterocycles. The summed E-state index contributed by atoms with van der Waals surface area (Å²) in [6, 6.07) is 11.9. The number of ether oxygens (including phenoxy) is 1. The topological polar surface area (TPSA) is 91.0 Å². The highest BCUT2D eigenvalue weighted by Gasteiger charge is 2.31. The molecule has 1 atom stereocenters. The van der Waals surface area contributed by atoms with Gasteiger partial charge in [0.1, 0.15) is 5.69 Å². The summed E-state index contributed by atoms with van der Waals surface area (Å²) in [7, 11) is 0. The van der Waals surface area contributed by atoms with E-state index in [1.807, 2.05) is 49.1 Å². The van der Waals surface area contributed by atoms with Crippen LogP contribution in [0.15, 0.2) is 61.2 Å². The summed E-state index contributed by atoms with van der Waals surface area (Å²) < 4.78 is 5.77. The van der Waals surface area contributed by atoms with Gasteiger partial charge in [-0.05, 0) is 55.2 Å². The number of nitrogens with zero attached hydrogens (tertiary/aromatic N) is 7. The fourth-order valence-corrected chi connectivity index (χ4v) is 4.39. The molecule has 33 heavy (non-hydrogen) atoms. The Balaban J connectivity index is 1.46. The van der Waals surface area contributed by atoms with Crippen molar-refractivity contribution in [2.24, 2.45) is 0 Å². The first-order valence-corrected chi connectivity index (χ1v) is 10.9. The van der Waals surface area contributed by atoms with E-state index < -0.39 is 0 Å². The van der Waals surface area contributed by atoms with Gasteiger partial charge in [0.05, 0.1) is 55.3 Å². The standard InChI is InChI=1S/C24H25N7O2/c1-17-12-18(2)23(31-27-8-9-28-31)22(13-17)24(32)29-10-11-33-16-21(29)15-19-4-3-5-20(14-19)30-25-6-7-26-30/h3-9,12-14,21H,10-11,15-16H2,1-2H3. The highest BCUT2D eigenvalue weighted by molar-refractivity contribution is 5.98. The number of morpholine rings is 1. The van der Waals surface area contributed by atoms with Crippen LogP contribution in [0.4, 0.5) is 0 Å². The molecule has 1 amide bonds. The lowest BCUT2D eigenvalue weighted by Crippen LogP contribution is -2.50. The van der Waals surface area contributed by atoms with Crippen molar-refractivity contribution in [3.63, 3.8) is 0 Å². The van der Waals surface area contributed by atoms with Gasteiger partial charge in [-0.2, -0.15) is 30.0 Å². The van der Waals surface area contributed by atoms with E-state index in [0.29, 0.717) is 37.4 Å². The first-order valence-electron chi connectivity index (χ1n) is 10.9. The first kappa shape index (κ1) is 21.0. The molecule has 1 aliphatic heterocycles. The second kappa shape index (κ2) is 8.95. The van der Waals surface area contributed by atoms with Crippen LogP contribution >= 0.6 is 0 Å². The molecule has 168 valence electrons. The Morgan fingerprint density at radius 1 is 1.00 bits per heavy atom. The van der Waals surface area contributed by atoms with Gasteiger partial charge in [-0.1, -0.05) is 18.2 Å². The van der Waals surface area contributed by atoms with E-state index in [1.165, 1.54) is 4.80 Å². The molecule has 0 spiro atoms. The normalized spacial score (nSPS) is 16.2. The van der Waals surface area contributed by atoms with E-state index in [4.69, 9.17) is 4.74 Å². The van der Waals surface area contributed by atoms with E-state index in [2.05, 4.69) is 26.5 Å². The van der Waals surface area contributed by atoms with E-state index >= 15 is 0 Å². The molecule has 5 rings (SSSR count). The maximum absolute atomic E-state index is 13.9. The fourth-order valence-electron chi connectivity index (χ4n) is 4.39. The van der Waals surface area contributed by atoms with Gasteiger partial charge < -0.3 is 9.64 Å². The number of aromatic nitrogens is 6. The van der Waals surface area contributed by atoms with Crippen LogP contribution in [0, 0.1) is 13.8 Å². The van der Waals surface area contributed by atoms with Crippen molar-refractivity contribution in [1.29, 1.82) is 0 Å². The van der Waals surface area contributed by atoms with Gasteiger partial charge in [0.15, 0.2) is 0 Å². The zero-order chi connectivity index (χ0) is 22.8. The number of carbonyl (C=O) groups excluding carboxylic acids is 1. The van der Waals surface area contributed by atoms with Crippen LogP contribution in [-0.2, 0) is 11.2 Å². The number of hydrogen-bond acceptors (Lipinski definition) is 6. The highest BCUT2D eigenvalue weighted by Crippen LogP contribution is 2.25. The van der Waals surface area contributed by atoms with Gasteiger partial charge in [-0.15, -0.1) is 0 Å². The summed E-state index contributed by atoms with van der Waals surface area (Å²) in [4.78, 5) is 18.9. The lowest BCUT2D eigenvalue weighted by Gasteiger charge is -2.36. The summed E-state index contributed by atoms with van der Waals surface area (Å²) in [6.07, 6.45) is 7.20. The van der Waals surface area contributed by atoms with Crippen molar-refractivity contribution >= 4 is 5.91 Å². The van der Waals surface area contributed by atoms with Crippen molar-refractivity contribution in [1.82, 2.24) is 34.9 Å². The molecule has 9 nitrogen and oxygen atoms in total. The summed E-state index contributed by atoms with van der Waals surface area (Å²) in [5, 5.41) is 17.0. The molecular weight excluding hydrogens is 418 g/mol. The lowest BCUT2D eigenvalue weighted by atomic mass is 10.00. The number of carbonyl (C=O) groups is 1. The van der Waals surface area contributed by atoms with Gasteiger partial charge in [-0.25, -0.2) is 0 Å². The molecule has 1 unspecified atom stereocenters. The molecule has 0 N–H and O–H groups in total. The minimum absolute atomic E-state index is 0.0349. The molecule has 1 aliphatic rings. The van der Waals surface area contributed by atoms with Crippen LogP contribution in [0.5, 0.6) is 0 Å². The largest absolute Gasteiger partial charge is 0.377 e. The minimum Gasteiger partial charge on any atom is -0.377 e. The Bertz CT molecular complexity index is 1250. The summed E-state index contributed by atoms with van der Waals surface area (Å²) in [6.45, 7) is 5.50. The Morgan fingerprint density at radius 2 is 1.73 bits per heavy atom. The number of amides is 1. The molecule has 3 heterocycles. The smallest absolute Gasteiger partial charge is 0.256 e. The quantitative estimate of drug-likeness (QED) is 0.471. The van der Waals surface area contributed by atoms with Crippen LogP contribution in [-0.4, -0.2) is 66.6 Å². The van der Waals surface area contributed by atoms with Crippen molar-refractivity contribution in [3.8, 4) is 11.4 Å². The van der Waals surface area contributed by atoms with Crippen LogP contribution in [0.2, 0.25) is 0 Å². The second-order valence-corrected chi connectivity index (χ2v) is 8.22. The first-order chi connectivity index (χ1) is 16.1. The number of hydrogen-bond donors (Lipinski definition) is 0. The van der Waals surface area contributed by atoms with Crippen LogP contribution < -0.4 is 0 Å². The average molecular weight is 444 g/mol. The number of aryl methyl sites for hydroxylation is 2. The zero-order valence-electron chi connectivity index (χ0n) is 18.6. The van der Waals surface area contributed by atoms with Crippen molar-refractivity contribution in [3.05, 3.63) is 83.4 Å². The molecule has 1 fully saturated rings. The Morgan fingerprint density at radius 3 is 2.48 bits per heavy atom. The minimum atomic E-state index is -0.0914. The third kappa shape index (κ3) is 4.27. The van der Waals surface area contributed by atoms with Crippen LogP contribution in [0.1, 0.15) is 27.0 Å². The van der Waals surface area contributed by atoms with E-state index in [0.717, 1.165) is 22.4 Å². The molecule has 0 bridgehead atoms. The maximum Gasteiger partial charge on any atom is 0.256 e. The van der Waals surface area contributed by atoms with Gasteiger partial charge in [-0.3, -0.25) is 4.79 Å². The molecule has 2 aromatic carbocycles. The van der Waals surface area contributed by atoms with Crippen LogP contribution in [0.25, 0.3) is 11.4 Å². The fraction of sp³-hybridized carbons (Fsp3) is 0.292. The highest BCUT2D eigenvalue weighted by atomic mass is 16.5. The molecule has 2 aromatic heterocycles. The van der Waals surface area contributed by atoms with E-state index in [1.54, 1.807) is 29.6 Å². The van der Waals surface area contributed by atoms with Gasteiger partial charge in [0.2, 0.25) is 0 Å². The van der Waals surface area contributed by atoms with Crippen molar-refractivity contribution in [2.45, 2.75) is 26.3 Å². The second-order valence-electron chi connectivity index (χ2n) is 8.22. The molecule has 9 heteroatoms. The number of rotatable bonds is 5. The average Bonchev–Trinajstić information content (AvgIpc) is 3.53. The maximum atomic E-state index is 13.9. The van der Waals surface area contributed by atoms with E-state index in [9.17, 15) is 4.79 Å².